The molecule has 0 aliphatic carbocycles. The smallest absolute Gasteiger partial charge is 0.121 e. The summed E-state index contributed by atoms with van der Waals surface area (Å²) in [5, 5.41) is 0. The van der Waals surface area contributed by atoms with E-state index in [0.29, 0.717) is 6.42 Å². The van der Waals surface area contributed by atoms with Crippen LogP contribution in [0.4, 0.5) is 0 Å². The maximum Gasteiger partial charge on any atom is 0.121 e. The van der Waals surface area contributed by atoms with Crippen LogP contribution in [0.15, 0.2) is 91.4 Å². The molecular weight excluding hydrogens is 420 g/mol. The summed E-state index contributed by atoms with van der Waals surface area (Å²) >= 11 is 0. The Morgan fingerprint density at radius 3 is 2.26 bits per heavy atom. The summed E-state index contributed by atoms with van der Waals surface area (Å²) in [6, 6.07) is 27.7. The Kier molecular flexibility index (Phi) is 7.58. The lowest BCUT2D eigenvalue weighted by Crippen LogP contribution is -2.38. The highest BCUT2D eigenvalue weighted by atomic mass is 16.5. The first-order chi connectivity index (χ1) is 16.7. The molecule has 1 atom stereocenters. The van der Waals surface area contributed by atoms with Crippen LogP contribution in [0.25, 0.3) is 0 Å². The van der Waals surface area contributed by atoms with Crippen LogP contribution in [0, 0.1) is 6.92 Å². The Balaban J connectivity index is 1.94. The lowest BCUT2D eigenvalue weighted by Gasteiger charge is -2.39. The molecule has 174 valence electrons. The lowest BCUT2D eigenvalue weighted by atomic mass is 9.74. The molecule has 1 aromatic heterocycles. The molecule has 0 spiro atoms. The molecule has 0 bridgehead atoms. The Bertz CT molecular complexity index is 1200. The minimum atomic E-state index is -0.589. The fraction of sp³-hybridized carbons (Fsp3) is 0.267. The topological polar surface area (TPSA) is 44.1 Å². The molecule has 4 aromatic rings. The van der Waals surface area contributed by atoms with Gasteiger partial charge in [0.1, 0.15) is 17.6 Å². The summed E-state index contributed by atoms with van der Waals surface area (Å²) in [5.41, 5.74) is 5.24. The number of aryl methyl sites for hydroxylation is 2. The van der Waals surface area contributed by atoms with E-state index < -0.39 is 5.54 Å². The molecule has 4 nitrogen and oxygen atoms in total. The van der Waals surface area contributed by atoms with E-state index in [1.165, 1.54) is 16.7 Å². The summed E-state index contributed by atoms with van der Waals surface area (Å²) in [4.78, 5) is 15.3. The second kappa shape index (κ2) is 11.0. The highest BCUT2D eigenvalue weighted by Gasteiger charge is 2.39. The van der Waals surface area contributed by atoms with Gasteiger partial charge in [-0.1, -0.05) is 73.2 Å². The van der Waals surface area contributed by atoms with E-state index in [9.17, 15) is 4.79 Å². The van der Waals surface area contributed by atoms with Crippen molar-refractivity contribution in [2.75, 3.05) is 7.11 Å². The Morgan fingerprint density at radius 2 is 1.59 bits per heavy atom. The van der Waals surface area contributed by atoms with Crippen molar-refractivity contribution in [3.63, 3.8) is 0 Å². The monoisotopic (exact) mass is 452 g/mol. The molecule has 0 radical (unpaired) electrons. The summed E-state index contributed by atoms with van der Waals surface area (Å²) < 4.78 is 7.71. The molecule has 0 saturated heterocycles. The van der Waals surface area contributed by atoms with Crippen LogP contribution in [0.2, 0.25) is 0 Å². The molecule has 0 aliphatic rings. The highest BCUT2D eigenvalue weighted by Crippen LogP contribution is 2.43. The lowest BCUT2D eigenvalue weighted by molar-refractivity contribution is -0.107. The highest BCUT2D eigenvalue weighted by molar-refractivity contribution is 5.54. The number of aromatic nitrogens is 2. The third-order valence-electron chi connectivity index (χ3n) is 6.47. The maximum absolute atomic E-state index is 10.7. The normalized spacial score (nSPS) is 12.8. The van der Waals surface area contributed by atoms with Gasteiger partial charge in [-0.05, 0) is 60.6 Å². The molecule has 1 unspecified atom stereocenters. The van der Waals surface area contributed by atoms with E-state index in [1.54, 1.807) is 7.11 Å². The van der Waals surface area contributed by atoms with Crippen molar-refractivity contribution in [3.8, 4) is 5.75 Å². The number of aldehydes is 1. The van der Waals surface area contributed by atoms with Gasteiger partial charge in [0.15, 0.2) is 0 Å². The molecule has 0 aliphatic heterocycles. The zero-order valence-electron chi connectivity index (χ0n) is 20.0. The molecule has 4 rings (SSSR count). The van der Waals surface area contributed by atoms with E-state index in [-0.39, 0.29) is 0 Å². The van der Waals surface area contributed by atoms with Crippen LogP contribution in [0.5, 0.6) is 5.75 Å². The second-order valence-electron chi connectivity index (χ2n) is 8.65. The number of imidazole rings is 1. The Labute approximate surface area is 202 Å². The van der Waals surface area contributed by atoms with Crippen LogP contribution in [0.3, 0.4) is 0 Å². The molecule has 0 fully saturated rings. The van der Waals surface area contributed by atoms with E-state index in [2.05, 4.69) is 82.5 Å². The van der Waals surface area contributed by atoms with Gasteiger partial charge in [0.25, 0.3) is 0 Å². The van der Waals surface area contributed by atoms with E-state index >= 15 is 0 Å². The van der Waals surface area contributed by atoms with Crippen LogP contribution < -0.4 is 4.74 Å². The summed E-state index contributed by atoms with van der Waals surface area (Å²) in [7, 11) is 1.69. The molecular formula is C30H32N2O2. The van der Waals surface area contributed by atoms with Gasteiger partial charge in [0, 0.05) is 12.6 Å². The van der Waals surface area contributed by atoms with Gasteiger partial charge in [-0.15, -0.1) is 0 Å². The predicted octanol–water partition coefficient (Wildman–Crippen LogP) is 6.34. The average Bonchev–Trinajstić information content (AvgIpc) is 3.32. The van der Waals surface area contributed by atoms with Crippen LogP contribution in [-0.4, -0.2) is 22.9 Å². The molecule has 1 heterocycles. The zero-order valence-corrected chi connectivity index (χ0v) is 20.0. The van der Waals surface area contributed by atoms with Crippen molar-refractivity contribution in [1.29, 1.82) is 0 Å². The average molecular weight is 453 g/mol. The van der Waals surface area contributed by atoms with Crippen molar-refractivity contribution in [3.05, 3.63) is 119 Å². The molecule has 3 aromatic carbocycles. The van der Waals surface area contributed by atoms with Crippen molar-refractivity contribution in [1.82, 2.24) is 9.55 Å². The van der Waals surface area contributed by atoms with Crippen LogP contribution in [-0.2, 0) is 16.8 Å². The van der Waals surface area contributed by atoms with Gasteiger partial charge in [-0.25, -0.2) is 4.98 Å². The fourth-order valence-electron chi connectivity index (χ4n) is 4.84. The van der Waals surface area contributed by atoms with E-state index in [1.807, 2.05) is 25.4 Å². The third-order valence-corrected chi connectivity index (χ3v) is 6.47. The molecule has 34 heavy (non-hydrogen) atoms. The van der Waals surface area contributed by atoms with Crippen molar-refractivity contribution in [2.24, 2.45) is 0 Å². The molecule has 0 saturated carbocycles. The van der Waals surface area contributed by atoms with Gasteiger partial charge in [-0.2, -0.15) is 0 Å². The molecule has 0 N–H and O–H groups in total. The SMILES string of the molecule is COc1ccc(C(c2ccccc2)(c2ccccc2CCCCCC=O)n2cnc(C)c2)cc1. The number of carbonyl (C=O) groups is 1. The van der Waals surface area contributed by atoms with Gasteiger partial charge in [0.2, 0.25) is 0 Å². The molecule has 0 amide bonds. The number of rotatable bonds is 11. The van der Waals surface area contributed by atoms with E-state index in [0.717, 1.165) is 49.0 Å². The first-order valence-corrected chi connectivity index (χ1v) is 11.9. The quantitative estimate of drug-likeness (QED) is 0.151. The Morgan fingerprint density at radius 1 is 0.882 bits per heavy atom. The van der Waals surface area contributed by atoms with Gasteiger partial charge in [0.05, 0.1) is 19.1 Å². The largest absolute Gasteiger partial charge is 0.497 e. The number of carbonyl (C=O) groups excluding carboxylic acids is 1. The van der Waals surface area contributed by atoms with Crippen LogP contribution >= 0.6 is 0 Å². The van der Waals surface area contributed by atoms with Crippen molar-refractivity contribution in [2.45, 2.75) is 44.6 Å². The van der Waals surface area contributed by atoms with Gasteiger partial charge >= 0.3 is 0 Å². The first kappa shape index (κ1) is 23.5. The minimum absolute atomic E-state index is 0.589. The minimum Gasteiger partial charge on any atom is -0.497 e. The maximum atomic E-state index is 10.7. The number of hydrogen-bond donors (Lipinski definition) is 0. The van der Waals surface area contributed by atoms with Crippen LogP contribution in [0.1, 0.15) is 53.6 Å². The van der Waals surface area contributed by atoms with Crippen molar-refractivity contribution < 1.29 is 9.53 Å². The fourth-order valence-corrected chi connectivity index (χ4v) is 4.84. The van der Waals surface area contributed by atoms with E-state index in [4.69, 9.17) is 4.74 Å². The van der Waals surface area contributed by atoms with Crippen molar-refractivity contribution >= 4 is 6.29 Å². The number of ether oxygens (including phenoxy) is 1. The number of hydrogen-bond acceptors (Lipinski definition) is 3. The summed E-state index contributed by atoms with van der Waals surface area (Å²) in [5.74, 6) is 0.830. The summed E-state index contributed by atoms with van der Waals surface area (Å²) in [6.07, 6.45) is 9.68. The predicted molar refractivity (Wildman–Crippen MR) is 136 cm³/mol. The number of benzene rings is 3. The number of methoxy groups -OCH3 is 1. The number of nitrogens with zero attached hydrogens (tertiary/aromatic N) is 2. The Hall–Kier alpha value is -3.66. The standard InChI is InChI=1S/C30H32N2O2/c1-24-22-32(23-31-24)30(26-14-7-5-8-15-26,27-17-19-28(34-2)20-18-27)29-16-10-9-13-25(29)12-6-3-4-11-21-33/h5,7-10,13-23H,3-4,6,11-12H2,1-2H3. The number of unbranched alkanes of at least 4 members (excludes halogenated alkanes) is 3. The summed E-state index contributed by atoms with van der Waals surface area (Å²) in [6.45, 7) is 2.03. The third kappa shape index (κ3) is 4.67. The zero-order chi connectivity index (χ0) is 23.8. The second-order valence-corrected chi connectivity index (χ2v) is 8.65. The first-order valence-electron chi connectivity index (χ1n) is 11.9. The van der Waals surface area contributed by atoms with Gasteiger partial charge < -0.3 is 14.1 Å². The molecule has 4 heteroatoms. The van der Waals surface area contributed by atoms with Gasteiger partial charge in [-0.3, -0.25) is 0 Å².